The van der Waals surface area contributed by atoms with E-state index in [2.05, 4.69) is 15.3 Å². The van der Waals surface area contributed by atoms with Crippen molar-refractivity contribution >= 4 is 23.1 Å². The van der Waals surface area contributed by atoms with Gasteiger partial charge in [0.1, 0.15) is 6.20 Å². The predicted octanol–water partition coefficient (Wildman–Crippen LogP) is 0.442. The first kappa shape index (κ1) is 10.6. The number of anilines is 1. The Kier molecular flexibility index (Phi) is 3.55. The summed E-state index contributed by atoms with van der Waals surface area (Å²) >= 11 is 5.45. The third-order valence-electron chi connectivity index (χ3n) is 1.34. The van der Waals surface area contributed by atoms with E-state index in [4.69, 9.17) is 16.7 Å². The van der Waals surface area contributed by atoms with Gasteiger partial charge in [0, 0.05) is 6.54 Å². The highest BCUT2D eigenvalue weighted by Gasteiger charge is 2.15. The lowest BCUT2D eigenvalue weighted by Crippen LogP contribution is -2.09. The minimum atomic E-state index is -0.629. The fraction of sp³-hybridized carbons (Fsp3) is 0.333. The molecule has 0 saturated carbocycles. The molecule has 0 radical (unpaired) electrons. The highest BCUT2D eigenvalue weighted by molar-refractivity contribution is 6.28. The second-order valence-corrected chi connectivity index (χ2v) is 2.62. The SMILES string of the molecule is O=[N+]([O-])c1cnc(Cl)nc1NCCO. The molecule has 0 unspecified atom stereocenters. The number of hydrogen-bond donors (Lipinski definition) is 2. The zero-order valence-electron chi connectivity index (χ0n) is 6.97. The monoisotopic (exact) mass is 218 g/mol. The number of nitro groups is 1. The van der Waals surface area contributed by atoms with Crippen molar-refractivity contribution < 1.29 is 10.0 Å². The first-order valence-electron chi connectivity index (χ1n) is 3.67. The number of nitrogens with zero attached hydrogens (tertiary/aromatic N) is 3. The zero-order chi connectivity index (χ0) is 10.6. The van der Waals surface area contributed by atoms with E-state index >= 15 is 0 Å². The normalized spacial score (nSPS) is 9.86. The molecule has 0 atom stereocenters. The Hall–Kier alpha value is -1.47. The molecule has 0 aliphatic heterocycles. The molecule has 1 aromatic rings. The minimum Gasteiger partial charge on any atom is -0.395 e. The van der Waals surface area contributed by atoms with Crippen LogP contribution in [0.25, 0.3) is 0 Å². The summed E-state index contributed by atoms with van der Waals surface area (Å²) in [7, 11) is 0. The van der Waals surface area contributed by atoms with Gasteiger partial charge < -0.3 is 10.4 Å². The molecule has 0 saturated heterocycles. The maximum Gasteiger partial charge on any atom is 0.329 e. The highest BCUT2D eigenvalue weighted by Crippen LogP contribution is 2.21. The third kappa shape index (κ3) is 2.51. The van der Waals surface area contributed by atoms with Gasteiger partial charge in [-0.1, -0.05) is 0 Å². The Morgan fingerprint density at radius 2 is 2.43 bits per heavy atom. The van der Waals surface area contributed by atoms with Gasteiger partial charge in [-0.3, -0.25) is 10.1 Å². The molecular formula is C6H7ClN4O3. The number of aliphatic hydroxyl groups excluding tert-OH is 1. The van der Waals surface area contributed by atoms with Crippen LogP contribution >= 0.6 is 11.6 Å². The molecule has 14 heavy (non-hydrogen) atoms. The molecule has 0 amide bonds. The van der Waals surface area contributed by atoms with Crippen LogP contribution in [-0.2, 0) is 0 Å². The molecule has 8 heteroatoms. The lowest BCUT2D eigenvalue weighted by atomic mass is 10.5. The van der Waals surface area contributed by atoms with Crippen LogP contribution in [0.1, 0.15) is 0 Å². The maximum atomic E-state index is 10.5. The molecule has 0 bridgehead atoms. The lowest BCUT2D eigenvalue weighted by molar-refractivity contribution is -0.384. The van der Waals surface area contributed by atoms with E-state index in [1.807, 2.05) is 0 Å². The molecule has 1 aromatic heterocycles. The number of hydrogen-bond acceptors (Lipinski definition) is 6. The Morgan fingerprint density at radius 1 is 1.71 bits per heavy atom. The van der Waals surface area contributed by atoms with E-state index < -0.39 is 4.92 Å². The average molecular weight is 219 g/mol. The van der Waals surface area contributed by atoms with Crippen LogP contribution in [0.4, 0.5) is 11.5 Å². The number of rotatable bonds is 4. The van der Waals surface area contributed by atoms with Gasteiger partial charge in [-0.2, -0.15) is 4.98 Å². The molecule has 0 aromatic carbocycles. The summed E-state index contributed by atoms with van der Waals surface area (Å²) in [6.45, 7) is 0.00690. The minimum absolute atomic E-state index is 0.00375. The first-order chi connectivity index (χ1) is 6.65. The third-order valence-corrected chi connectivity index (χ3v) is 1.52. The summed E-state index contributed by atoms with van der Waals surface area (Å²) in [5, 5.41) is 21.5. The van der Waals surface area contributed by atoms with Crippen molar-refractivity contribution in [1.29, 1.82) is 0 Å². The topological polar surface area (TPSA) is 101 Å². The number of aromatic nitrogens is 2. The molecular weight excluding hydrogens is 212 g/mol. The molecule has 0 aliphatic carbocycles. The molecule has 0 aliphatic rings. The summed E-state index contributed by atoms with van der Waals surface area (Å²) in [4.78, 5) is 16.9. The van der Waals surface area contributed by atoms with Crippen molar-refractivity contribution in [2.75, 3.05) is 18.5 Å². The van der Waals surface area contributed by atoms with Crippen molar-refractivity contribution in [3.05, 3.63) is 21.6 Å². The molecule has 76 valence electrons. The molecule has 0 fully saturated rings. The van der Waals surface area contributed by atoms with E-state index in [-0.39, 0.29) is 29.9 Å². The number of halogens is 1. The molecule has 0 spiro atoms. The van der Waals surface area contributed by atoms with Crippen LogP contribution in [0.2, 0.25) is 5.28 Å². The summed E-state index contributed by atoms with van der Waals surface area (Å²) in [5.41, 5.74) is -0.275. The van der Waals surface area contributed by atoms with Gasteiger partial charge in [-0.15, -0.1) is 0 Å². The van der Waals surface area contributed by atoms with Crippen molar-refractivity contribution in [3.8, 4) is 0 Å². The Bertz CT molecular complexity index is 346. The van der Waals surface area contributed by atoms with Gasteiger partial charge in [0.05, 0.1) is 11.5 Å². The van der Waals surface area contributed by atoms with Crippen molar-refractivity contribution in [2.45, 2.75) is 0 Å². The van der Waals surface area contributed by atoms with Crippen LogP contribution in [0.15, 0.2) is 6.20 Å². The largest absolute Gasteiger partial charge is 0.395 e. The second kappa shape index (κ2) is 4.68. The molecule has 2 N–H and O–H groups in total. The van der Waals surface area contributed by atoms with Crippen LogP contribution in [0.3, 0.4) is 0 Å². The average Bonchev–Trinajstić information content (AvgIpc) is 2.14. The summed E-state index contributed by atoms with van der Waals surface area (Å²) in [5.74, 6) is 0.00375. The van der Waals surface area contributed by atoms with Crippen molar-refractivity contribution in [3.63, 3.8) is 0 Å². The Balaban J connectivity index is 2.97. The van der Waals surface area contributed by atoms with Crippen molar-refractivity contribution in [2.24, 2.45) is 0 Å². The van der Waals surface area contributed by atoms with Crippen LogP contribution < -0.4 is 5.32 Å². The quantitative estimate of drug-likeness (QED) is 0.432. The zero-order valence-corrected chi connectivity index (χ0v) is 7.73. The molecule has 1 heterocycles. The van der Waals surface area contributed by atoms with Gasteiger partial charge in [0.15, 0.2) is 0 Å². The van der Waals surface area contributed by atoms with Crippen molar-refractivity contribution in [1.82, 2.24) is 9.97 Å². The summed E-state index contributed by atoms with van der Waals surface area (Å²) < 4.78 is 0. The van der Waals surface area contributed by atoms with E-state index in [0.717, 1.165) is 6.20 Å². The lowest BCUT2D eigenvalue weighted by Gasteiger charge is -2.03. The van der Waals surface area contributed by atoms with Gasteiger partial charge in [0.2, 0.25) is 11.1 Å². The van der Waals surface area contributed by atoms with E-state index in [0.29, 0.717) is 0 Å². The van der Waals surface area contributed by atoms with Crippen LogP contribution in [0.5, 0.6) is 0 Å². The smallest absolute Gasteiger partial charge is 0.329 e. The Labute approximate surface area is 83.9 Å². The Morgan fingerprint density at radius 3 is 3.00 bits per heavy atom. The van der Waals surface area contributed by atoms with E-state index in [1.54, 1.807) is 0 Å². The van der Waals surface area contributed by atoms with Gasteiger partial charge in [-0.05, 0) is 11.6 Å². The van der Waals surface area contributed by atoms with Crippen LogP contribution in [-0.4, -0.2) is 33.1 Å². The van der Waals surface area contributed by atoms with Gasteiger partial charge in [0.25, 0.3) is 0 Å². The standard InChI is InChI=1S/C6H7ClN4O3/c7-6-9-3-4(11(13)14)5(10-6)8-1-2-12/h3,12H,1-2H2,(H,8,9,10). The number of nitrogens with one attached hydrogen (secondary N) is 1. The van der Waals surface area contributed by atoms with E-state index in [1.165, 1.54) is 0 Å². The fourth-order valence-corrected chi connectivity index (χ4v) is 0.925. The molecule has 7 nitrogen and oxygen atoms in total. The predicted molar refractivity (Wildman–Crippen MR) is 49.3 cm³/mol. The molecule has 1 rings (SSSR count). The highest BCUT2D eigenvalue weighted by atomic mass is 35.5. The fourth-order valence-electron chi connectivity index (χ4n) is 0.792. The van der Waals surface area contributed by atoms with Gasteiger partial charge >= 0.3 is 5.69 Å². The summed E-state index contributed by atoms with van der Waals surface area (Å²) in [6.07, 6.45) is 1.01. The maximum absolute atomic E-state index is 10.5. The van der Waals surface area contributed by atoms with E-state index in [9.17, 15) is 10.1 Å². The second-order valence-electron chi connectivity index (χ2n) is 2.28. The summed E-state index contributed by atoms with van der Waals surface area (Å²) in [6, 6.07) is 0. The number of aliphatic hydroxyl groups is 1. The van der Waals surface area contributed by atoms with Crippen LogP contribution in [0, 0.1) is 10.1 Å². The van der Waals surface area contributed by atoms with Gasteiger partial charge in [-0.25, -0.2) is 4.98 Å². The first-order valence-corrected chi connectivity index (χ1v) is 4.04.